The average Bonchev–Trinajstić information content (AvgIpc) is 2.53. The lowest BCUT2D eigenvalue weighted by molar-refractivity contribution is 0.102. The highest BCUT2D eigenvalue weighted by molar-refractivity contribution is 6.05. The number of pyridine rings is 1. The van der Waals surface area contributed by atoms with E-state index in [-0.39, 0.29) is 16.8 Å². The van der Waals surface area contributed by atoms with Gasteiger partial charge in [0.05, 0.1) is 5.52 Å². The van der Waals surface area contributed by atoms with Crippen LogP contribution in [0.15, 0.2) is 59.5 Å². The quantitative estimate of drug-likeness (QED) is 0.790. The van der Waals surface area contributed by atoms with Gasteiger partial charge in [-0.1, -0.05) is 12.1 Å². The van der Waals surface area contributed by atoms with Gasteiger partial charge in [-0.2, -0.15) is 0 Å². The van der Waals surface area contributed by atoms with Crippen LogP contribution in [-0.2, 0) is 7.05 Å². The first-order chi connectivity index (χ1) is 10.6. The number of rotatable bonds is 2. The summed E-state index contributed by atoms with van der Waals surface area (Å²) in [6.45, 7) is 0. The Morgan fingerprint density at radius 3 is 2.50 bits per heavy atom. The van der Waals surface area contributed by atoms with Crippen molar-refractivity contribution in [3.8, 4) is 0 Å². The predicted octanol–water partition coefficient (Wildman–Crippen LogP) is 2.93. The van der Waals surface area contributed by atoms with Crippen LogP contribution in [0.2, 0.25) is 0 Å². The fourth-order valence-corrected chi connectivity index (χ4v) is 2.33. The molecule has 0 aliphatic carbocycles. The van der Waals surface area contributed by atoms with Crippen molar-refractivity contribution in [3.05, 3.63) is 76.3 Å². The molecule has 0 aliphatic rings. The third-order valence-electron chi connectivity index (χ3n) is 3.44. The first-order valence-electron chi connectivity index (χ1n) is 6.71. The highest BCUT2D eigenvalue weighted by Gasteiger charge is 2.14. The van der Waals surface area contributed by atoms with E-state index in [9.17, 15) is 14.0 Å². The Morgan fingerprint density at radius 2 is 1.77 bits per heavy atom. The van der Waals surface area contributed by atoms with Crippen molar-refractivity contribution >= 4 is 22.5 Å². The van der Waals surface area contributed by atoms with Crippen LogP contribution < -0.4 is 10.7 Å². The summed E-state index contributed by atoms with van der Waals surface area (Å²) in [4.78, 5) is 24.7. The van der Waals surface area contributed by atoms with Crippen LogP contribution in [-0.4, -0.2) is 10.5 Å². The van der Waals surface area contributed by atoms with Gasteiger partial charge >= 0.3 is 0 Å². The maximum atomic E-state index is 12.9. The van der Waals surface area contributed by atoms with Gasteiger partial charge in [-0.3, -0.25) is 9.59 Å². The van der Waals surface area contributed by atoms with Crippen molar-refractivity contribution in [1.82, 2.24) is 4.57 Å². The van der Waals surface area contributed by atoms with Crippen LogP contribution >= 0.6 is 0 Å². The lowest BCUT2D eigenvalue weighted by Crippen LogP contribution is -2.23. The van der Waals surface area contributed by atoms with E-state index in [4.69, 9.17) is 0 Å². The normalized spacial score (nSPS) is 10.6. The van der Waals surface area contributed by atoms with Crippen LogP contribution in [0.1, 0.15) is 10.4 Å². The summed E-state index contributed by atoms with van der Waals surface area (Å²) in [6.07, 6.45) is 1.50. The number of hydrogen-bond acceptors (Lipinski definition) is 2. The molecule has 0 fully saturated rings. The standard InChI is InChI=1S/C17H13FN2O2/c1-20-10-14(16(21)13-4-2-3-5-15(13)20)17(22)19-12-8-6-11(18)7-9-12/h2-10H,1H3,(H,19,22). The number of nitrogens with one attached hydrogen (secondary N) is 1. The third-order valence-corrected chi connectivity index (χ3v) is 3.44. The summed E-state index contributed by atoms with van der Waals surface area (Å²) < 4.78 is 14.6. The predicted molar refractivity (Wildman–Crippen MR) is 83.5 cm³/mol. The molecule has 110 valence electrons. The number of hydrogen-bond donors (Lipinski definition) is 1. The second kappa shape index (κ2) is 5.44. The van der Waals surface area contributed by atoms with Gasteiger partial charge in [0.2, 0.25) is 5.43 Å². The van der Waals surface area contributed by atoms with Crippen LogP contribution in [0.4, 0.5) is 10.1 Å². The van der Waals surface area contributed by atoms with Gasteiger partial charge < -0.3 is 9.88 Å². The number of carbonyl (C=O) groups excluding carboxylic acids is 1. The maximum Gasteiger partial charge on any atom is 0.261 e. The van der Waals surface area contributed by atoms with E-state index in [0.717, 1.165) is 5.52 Å². The van der Waals surface area contributed by atoms with Crippen molar-refractivity contribution in [3.63, 3.8) is 0 Å². The Balaban J connectivity index is 2.02. The van der Waals surface area contributed by atoms with E-state index in [2.05, 4.69) is 5.32 Å². The zero-order chi connectivity index (χ0) is 15.7. The molecule has 0 atom stereocenters. The van der Waals surface area contributed by atoms with Gasteiger partial charge in [0.25, 0.3) is 5.91 Å². The number of nitrogens with zero attached hydrogens (tertiary/aromatic N) is 1. The Labute approximate surface area is 125 Å². The molecule has 0 unspecified atom stereocenters. The van der Waals surface area contributed by atoms with Crippen LogP contribution in [0, 0.1) is 5.82 Å². The second-order valence-corrected chi connectivity index (χ2v) is 4.96. The van der Waals surface area contributed by atoms with Gasteiger partial charge in [-0.05, 0) is 36.4 Å². The molecule has 0 aliphatic heterocycles. The van der Waals surface area contributed by atoms with E-state index in [1.54, 1.807) is 23.7 Å². The second-order valence-electron chi connectivity index (χ2n) is 4.96. The smallest absolute Gasteiger partial charge is 0.261 e. The Hall–Kier alpha value is -2.95. The van der Waals surface area contributed by atoms with Crippen molar-refractivity contribution < 1.29 is 9.18 Å². The molecule has 1 amide bonds. The zero-order valence-corrected chi connectivity index (χ0v) is 11.8. The monoisotopic (exact) mass is 296 g/mol. The highest BCUT2D eigenvalue weighted by atomic mass is 19.1. The first-order valence-corrected chi connectivity index (χ1v) is 6.71. The lowest BCUT2D eigenvalue weighted by Gasteiger charge is -2.09. The molecule has 4 nitrogen and oxygen atoms in total. The average molecular weight is 296 g/mol. The number of amides is 1. The first kappa shape index (κ1) is 14.0. The molecule has 0 radical (unpaired) electrons. The molecule has 0 spiro atoms. The fraction of sp³-hybridized carbons (Fsp3) is 0.0588. The minimum Gasteiger partial charge on any atom is -0.350 e. The number of aryl methyl sites for hydroxylation is 1. The van der Waals surface area contributed by atoms with E-state index >= 15 is 0 Å². The highest BCUT2D eigenvalue weighted by Crippen LogP contribution is 2.13. The molecule has 1 heterocycles. The fourth-order valence-electron chi connectivity index (χ4n) is 2.33. The Kier molecular flexibility index (Phi) is 3.47. The summed E-state index contributed by atoms with van der Waals surface area (Å²) in [5.74, 6) is -0.905. The molecule has 5 heteroatoms. The van der Waals surface area contributed by atoms with Crippen molar-refractivity contribution in [2.24, 2.45) is 7.05 Å². The molecule has 22 heavy (non-hydrogen) atoms. The number of para-hydroxylation sites is 1. The molecule has 0 saturated carbocycles. The van der Waals surface area contributed by atoms with Gasteiger partial charge in [0, 0.05) is 24.3 Å². The topological polar surface area (TPSA) is 51.1 Å². The van der Waals surface area contributed by atoms with Crippen molar-refractivity contribution in [2.75, 3.05) is 5.32 Å². The van der Waals surface area contributed by atoms with Gasteiger partial charge in [-0.25, -0.2) is 4.39 Å². The van der Waals surface area contributed by atoms with Crippen LogP contribution in [0.5, 0.6) is 0 Å². The van der Waals surface area contributed by atoms with E-state index in [1.165, 1.54) is 30.5 Å². The Bertz CT molecular complexity index is 914. The number of carbonyl (C=O) groups is 1. The number of benzene rings is 2. The van der Waals surface area contributed by atoms with Crippen molar-refractivity contribution in [1.29, 1.82) is 0 Å². The number of halogens is 1. The molecule has 0 saturated heterocycles. The van der Waals surface area contributed by atoms with Gasteiger partial charge in [0.15, 0.2) is 0 Å². The van der Waals surface area contributed by atoms with Crippen molar-refractivity contribution in [2.45, 2.75) is 0 Å². The number of fused-ring (bicyclic) bond motifs is 1. The maximum absolute atomic E-state index is 12.9. The van der Waals surface area contributed by atoms with Crippen LogP contribution in [0.3, 0.4) is 0 Å². The minimum atomic E-state index is -0.516. The number of aromatic nitrogens is 1. The summed E-state index contributed by atoms with van der Waals surface area (Å²) in [7, 11) is 1.77. The van der Waals surface area contributed by atoms with E-state index < -0.39 is 5.91 Å². The van der Waals surface area contributed by atoms with E-state index in [0.29, 0.717) is 11.1 Å². The summed E-state index contributed by atoms with van der Waals surface area (Å²) >= 11 is 0. The molecular weight excluding hydrogens is 283 g/mol. The summed E-state index contributed by atoms with van der Waals surface area (Å²) in [5.41, 5.74) is 0.909. The largest absolute Gasteiger partial charge is 0.350 e. The Morgan fingerprint density at radius 1 is 1.09 bits per heavy atom. The van der Waals surface area contributed by atoms with Crippen LogP contribution in [0.25, 0.3) is 10.9 Å². The zero-order valence-electron chi connectivity index (χ0n) is 11.8. The lowest BCUT2D eigenvalue weighted by atomic mass is 10.1. The molecule has 2 aromatic carbocycles. The van der Waals surface area contributed by atoms with Gasteiger partial charge in [0.1, 0.15) is 11.4 Å². The molecule has 1 N–H and O–H groups in total. The number of anilines is 1. The van der Waals surface area contributed by atoms with E-state index in [1.807, 2.05) is 12.1 Å². The van der Waals surface area contributed by atoms with Gasteiger partial charge in [-0.15, -0.1) is 0 Å². The SMILES string of the molecule is Cn1cc(C(=O)Nc2ccc(F)cc2)c(=O)c2ccccc21. The molecule has 3 aromatic rings. The summed E-state index contributed by atoms with van der Waals surface area (Å²) in [6, 6.07) is 12.5. The minimum absolute atomic E-state index is 0.0468. The molecule has 3 rings (SSSR count). The molecule has 0 bridgehead atoms. The molecular formula is C17H13FN2O2. The third kappa shape index (κ3) is 2.48. The summed E-state index contributed by atoms with van der Waals surface area (Å²) in [5, 5.41) is 3.08. The molecule has 1 aromatic heterocycles.